The maximum Gasteiger partial charge on any atom is 0.244 e. The molecule has 1 N–H and O–H groups in total. The van der Waals surface area contributed by atoms with Crippen LogP contribution in [-0.4, -0.2) is 5.91 Å². The summed E-state index contributed by atoms with van der Waals surface area (Å²) in [6, 6.07) is 5.38. The minimum absolute atomic E-state index is 0.346. The smallest absolute Gasteiger partial charge is 0.244 e. The SMILES string of the molecule is CCC(C#N)(CC)C(=O)Nc1cc(Cl)c(C)cc1Cl. The third-order valence-corrected chi connectivity index (χ3v) is 4.07. The number of hydrogen-bond donors (Lipinski definition) is 1. The minimum Gasteiger partial charge on any atom is -0.323 e. The van der Waals surface area contributed by atoms with Gasteiger partial charge in [-0.1, -0.05) is 37.0 Å². The maximum atomic E-state index is 12.2. The molecule has 0 aliphatic rings. The van der Waals surface area contributed by atoms with E-state index in [1.807, 2.05) is 20.8 Å². The molecule has 0 radical (unpaired) electrons. The third kappa shape index (κ3) is 3.20. The molecule has 3 nitrogen and oxygen atoms in total. The number of amides is 1. The molecule has 1 rings (SSSR count). The highest BCUT2D eigenvalue weighted by Crippen LogP contribution is 2.32. The van der Waals surface area contributed by atoms with Crippen molar-refractivity contribution in [3.63, 3.8) is 0 Å². The summed E-state index contributed by atoms with van der Waals surface area (Å²) in [6.07, 6.45) is 0.895. The first-order chi connectivity index (χ1) is 8.90. The molecule has 0 heterocycles. The van der Waals surface area contributed by atoms with Crippen LogP contribution in [0.2, 0.25) is 10.0 Å². The van der Waals surface area contributed by atoms with Crippen molar-refractivity contribution < 1.29 is 4.79 Å². The first-order valence-electron chi connectivity index (χ1n) is 6.08. The number of nitrogens with one attached hydrogen (secondary N) is 1. The molecule has 1 aromatic carbocycles. The van der Waals surface area contributed by atoms with Gasteiger partial charge in [-0.15, -0.1) is 0 Å². The molecule has 0 bridgehead atoms. The molecule has 19 heavy (non-hydrogen) atoms. The number of carbonyl (C=O) groups is 1. The van der Waals surface area contributed by atoms with E-state index in [0.29, 0.717) is 28.6 Å². The number of rotatable bonds is 4. The average Bonchev–Trinajstić information content (AvgIpc) is 2.38. The number of hydrogen-bond acceptors (Lipinski definition) is 2. The molecular weight excluding hydrogens is 283 g/mol. The van der Waals surface area contributed by atoms with Crippen LogP contribution in [0.5, 0.6) is 0 Å². The van der Waals surface area contributed by atoms with E-state index in [0.717, 1.165) is 5.56 Å². The summed E-state index contributed by atoms with van der Waals surface area (Å²) in [5, 5.41) is 12.9. The Morgan fingerprint density at radius 2 is 1.89 bits per heavy atom. The molecule has 0 atom stereocenters. The largest absolute Gasteiger partial charge is 0.323 e. The van der Waals surface area contributed by atoms with Crippen molar-refractivity contribution in [2.24, 2.45) is 5.41 Å². The highest BCUT2D eigenvalue weighted by molar-refractivity contribution is 6.36. The molecule has 0 spiro atoms. The topological polar surface area (TPSA) is 52.9 Å². The summed E-state index contributed by atoms with van der Waals surface area (Å²) in [4.78, 5) is 12.2. The van der Waals surface area contributed by atoms with Crippen molar-refractivity contribution in [2.75, 3.05) is 5.32 Å². The summed E-state index contributed by atoms with van der Waals surface area (Å²) < 4.78 is 0. The van der Waals surface area contributed by atoms with E-state index in [-0.39, 0.29) is 5.91 Å². The van der Waals surface area contributed by atoms with Crippen molar-refractivity contribution in [3.05, 3.63) is 27.7 Å². The van der Waals surface area contributed by atoms with Gasteiger partial charge in [-0.05, 0) is 37.5 Å². The van der Waals surface area contributed by atoms with E-state index in [4.69, 9.17) is 23.2 Å². The minimum atomic E-state index is -1.03. The fourth-order valence-corrected chi connectivity index (χ4v) is 2.19. The zero-order valence-corrected chi connectivity index (χ0v) is 12.7. The number of halogens is 2. The highest BCUT2D eigenvalue weighted by atomic mass is 35.5. The summed E-state index contributed by atoms with van der Waals surface area (Å²) in [5.41, 5.74) is 0.242. The van der Waals surface area contributed by atoms with Crippen LogP contribution in [0.15, 0.2) is 12.1 Å². The second kappa shape index (κ2) is 6.27. The lowest BCUT2D eigenvalue weighted by Gasteiger charge is -2.22. The van der Waals surface area contributed by atoms with Crippen molar-refractivity contribution in [2.45, 2.75) is 33.6 Å². The number of nitrogens with zero attached hydrogens (tertiary/aromatic N) is 1. The highest BCUT2D eigenvalue weighted by Gasteiger charge is 2.35. The predicted molar refractivity (Wildman–Crippen MR) is 78.5 cm³/mol. The van der Waals surface area contributed by atoms with Gasteiger partial charge >= 0.3 is 0 Å². The lowest BCUT2D eigenvalue weighted by atomic mass is 9.83. The Balaban J connectivity index is 3.07. The lowest BCUT2D eigenvalue weighted by Crippen LogP contribution is -2.34. The van der Waals surface area contributed by atoms with Gasteiger partial charge in [0.2, 0.25) is 5.91 Å². The van der Waals surface area contributed by atoms with Crippen LogP contribution in [0.25, 0.3) is 0 Å². The van der Waals surface area contributed by atoms with E-state index < -0.39 is 5.41 Å². The molecule has 0 saturated heterocycles. The van der Waals surface area contributed by atoms with Crippen molar-refractivity contribution in [1.29, 1.82) is 5.26 Å². The Bertz CT molecular complexity index is 531. The molecule has 0 aliphatic heterocycles. The number of aryl methyl sites for hydroxylation is 1. The van der Waals surface area contributed by atoms with E-state index in [1.165, 1.54) is 0 Å². The zero-order chi connectivity index (χ0) is 14.6. The van der Waals surface area contributed by atoms with Crippen molar-refractivity contribution in [1.82, 2.24) is 0 Å². The fraction of sp³-hybridized carbons (Fsp3) is 0.429. The summed E-state index contributed by atoms with van der Waals surface area (Å²) in [7, 11) is 0. The Hall–Kier alpha value is -1.24. The quantitative estimate of drug-likeness (QED) is 0.885. The summed E-state index contributed by atoms with van der Waals surface area (Å²) >= 11 is 12.1. The van der Waals surface area contributed by atoms with Gasteiger partial charge in [-0.3, -0.25) is 4.79 Å². The molecule has 0 aromatic heterocycles. The molecular formula is C14H16Cl2N2O. The van der Waals surface area contributed by atoms with Crippen LogP contribution in [0.3, 0.4) is 0 Å². The van der Waals surface area contributed by atoms with Gasteiger partial charge < -0.3 is 5.32 Å². The molecule has 102 valence electrons. The van der Waals surface area contributed by atoms with Gasteiger partial charge in [0.25, 0.3) is 0 Å². The second-order valence-electron chi connectivity index (χ2n) is 4.44. The molecule has 5 heteroatoms. The summed E-state index contributed by atoms with van der Waals surface area (Å²) in [5.74, 6) is -0.346. The van der Waals surface area contributed by atoms with Crippen molar-refractivity contribution >= 4 is 34.8 Å². The Morgan fingerprint density at radius 1 is 1.32 bits per heavy atom. The van der Waals surface area contributed by atoms with Gasteiger partial charge in [0.15, 0.2) is 0 Å². The fourth-order valence-electron chi connectivity index (χ4n) is 1.76. The Kier molecular flexibility index (Phi) is 5.22. The average molecular weight is 299 g/mol. The van der Waals surface area contributed by atoms with Gasteiger partial charge in [0.05, 0.1) is 16.8 Å². The monoisotopic (exact) mass is 298 g/mol. The van der Waals surface area contributed by atoms with E-state index in [9.17, 15) is 10.1 Å². The second-order valence-corrected chi connectivity index (χ2v) is 5.25. The molecule has 0 fully saturated rings. The standard InChI is InChI=1S/C14H16Cl2N2O/c1-4-14(5-2,8-17)13(19)18-12-7-10(15)9(3)6-11(12)16/h6-7H,4-5H2,1-3H3,(H,18,19). The Morgan fingerprint density at radius 3 is 2.37 bits per heavy atom. The maximum absolute atomic E-state index is 12.2. The van der Waals surface area contributed by atoms with Crippen LogP contribution >= 0.6 is 23.2 Å². The van der Waals surface area contributed by atoms with E-state index >= 15 is 0 Å². The molecule has 0 unspecified atom stereocenters. The molecule has 0 aliphatic carbocycles. The van der Waals surface area contributed by atoms with Crippen LogP contribution in [0, 0.1) is 23.7 Å². The third-order valence-electron chi connectivity index (χ3n) is 3.35. The summed E-state index contributed by atoms with van der Waals surface area (Å²) in [6.45, 7) is 5.46. The van der Waals surface area contributed by atoms with E-state index in [2.05, 4.69) is 11.4 Å². The van der Waals surface area contributed by atoms with Gasteiger partial charge in [-0.2, -0.15) is 5.26 Å². The van der Waals surface area contributed by atoms with Gasteiger partial charge in [-0.25, -0.2) is 0 Å². The van der Waals surface area contributed by atoms with Crippen molar-refractivity contribution in [3.8, 4) is 6.07 Å². The first-order valence-corrected chi connectivity index (χ1v) is 6.84. The van der Waals surface area contributed by atoms with Gasteiger partial charge in [0, 0.05) is 5.02 Å². The zero-order valence-electron chi connectivity index (χ0n) is 11.2. The Labute approximate surface area is 123 Å². The number of carbonyl (C=O) groups excluding carboxylic acids is 1. The predicted octanol–water partition coefficient (Wildman–Crippen LogP) is 4.57. The number of nitriles is 1. The first kappa shape index (κ1) is 15.8. The molecule has 0 saturated carbocycles. The van der Waals surface area contributed by atoms with Crippen LogP contribution in [-0.2, 0) is 4.79 Å². The van der Waals surface area contributed by atoms with Crippen LogP contribution < -0.4 is 5.32 Å². The molecule has 1 amide bonds. The van der Waals surface area contributed by atoms with E-state index in [1.54, 1.807) is 12.1 Å². The molecule has 1 aromatic rings. The normalized spacial score (nSPS) is 10.9. The number of anilines is 1. The van der Waals surface area contributed by atoms with Gasteiger partial charge in [0.1, 0.15) is 5.41 Å². The van der Waals surface area contributed by atoms with Crippen LogP contribution in [0.1, 0.15) is 32.3 Å². The lowest BCUT2D eigenvalue weighted by molar-refractivity contribution is -0.123. The number of benzene rings is 1. The van der Waals surface area contributed by atoms with Crippen LogP contribution in [0.4, 0.5) is 5.69 Å².